The predicted octanol–water partition coefficient (Wildman–Crippen LogP) is 3.52. The van der Waals surface area contributed by atoms with Crippen molar-refractivity contribution < 1.29 is 9.31 Å². The molecule has 0 amide bonds. The average Bonchev–Trinajstić information content (AvgIpc) is 2.66. The number of hydrogen-bond donors (Lipinski definition) is 0. The Labute approximate surface area is 126 Å². The molecule has 0 spiro atoms. The molecular weight excluding hydrogens is 261 g/mol. The van der Waals surface area contributed by atoms with Crippen molar-refractivity contribution >= 4 is 12.6 Å². The van der Waals surface area contributed by atoms with E-state index in [9.17, 15) is 0 Å². The maximum atomic E-state index is 9.04. The lowest BCUT2D eigenvalue weighted by atomic mass is 9.69. The predicted molar refractivity (Wildman–Crippen MR) is 83.5 cm³/mol. The normalized spacial score (nSPS) is 22.4. The van der Waals surface area contributed by atoms with Crippen LogP contribution >= 0.6 is 0 Å². The van der Waals surface area contributed by atoms with Crippen LogP contribution in [0.25, 0.3) is 5.47 Å². The molecule has 3 rings (SSSR count). The topological polar surface area (TPSA) is 42.2 Å². The fourth-order valence-corrected chi connectivity index (χ4v) is 2.84. The summed E-state index contributed by atoms with van der Waals surface area (Å²) in [4.78, 5) is 0. The van der Waals surface area contributed by atoms with E-state index in [0.717, 1.165) is 23.9 Å². The standard InChI is InChI=1S/C17H20BNO2/c1-16(2)17(3,4)21-18(20-16)15-7-5-6-13-10-12(11-19)8-9-14(13)15/h7-10H,5-6H2,1-4H3. The van der Waals surface area contributed by atoms with Gasteiger partial charge < -0.3 is 9.31 Å². The molecule has 1 aromatic rings. The van der Waals surface area contributed by atoms with Gasteiger partial charge >= 0.3 is 7.12 Å². The molecule has 1 heterocycles. The van der Waals surface area contributed by atoms with Crippen molar-refractivity contribution in [3.8, 4) is 6.07 Å². The van der Waals surface area contributed by atoms with E-state index in [4.69, 9.17) is 14.6 Å². The van der Waals surface area contributed by atoms with E-state index >= 15 is 0 Å². The van der Waals surface area contributed by atoms with Crippen molar-refractivity contribution in [2.24, 2.45) is 0 Å². The smallest absolute Gasteiger partial charge is 0.399 e. The third-order valence-corrected chi connectivity index (χ3v) is 4.83. The highest BCUT2D eigenvalue weighted by Crippen LogP contribution is 2.42. The zero-order valence-corrected chi connectivity index (χ0v) is 13.1. The van der Waals surface area contributed by atoms with Gasteiger partial charge in [0.2, 0.25) is 0 Å². The molecule has 0 unspecified atom stereocenters. The summed E-state index contributed by atoms with van der Waals surface area (Å²) < 4.78 is 12.3. The zero-order chi connectivity index (χ0) is 15.3. The summed E-state index contributed by atoms with van der Waals surface area (Å²) in [6.07, 6.45) is 4.13. The number of benzene rings is 1. The minimum absolute atomic E-state index is 0.331. The quantitative estimate of drug-likeness (QED) is 0.740. The zero-order valence-electron chi connectivity index (χ0n) is 13.1. The third kappa shape index (κ3) is 2.31. The first kappa shape index (κ1) is 14.4. The van der Waals surface area contributed by atoms with Crippen molar-refractivity contribution in [1.82, 2.24) is 0 Å². The molecule has 0 aromatic heterocycles. The van der Waals surface area contributed by atoms with Crippen LogP contribution in [0.5, 0.6) is 0 Å². The largest absolute Gasteiger partial charge is 0.495 e. The molecule has 0 bridgehead atoms. The maximum Gasteiger partial charge on any atom is 0.495 e. The van der Waals surface area contributed by atoms with Crippen LogP contribution < -0.4 is 0 Å². The second-order valence-corrected chi connectivity index (χ2v) is 6.77. The molecule has 4 heteroatoms. The van der Waals surface area contributed by atoms with Crippen molar-refractivity contribution in [3.63, 3.8) is 0 Å². The van der Waals surface area contributed by atoms with E-state index in [1.807, 2.05) is 18.2 Å². The average molecular weight is 281 g/mol. The molecule has 0 atom stereocenters. The number of rotatable bonds is 1. The maximum absolute atomic E-state index is 9.04. The number of aryl methyl sites for hydroxylation is 1. The minimum atomic E-state index is -0.331. The molecule has 2 aliphatic rings. The van der Waals surface area contributed by atoms with Crippen molar-refractivity contribution in [2.75, 3.05) is 0 Å². The summed E-state index contributed by atoms with van der Waals surface area (Å²) in [5.74, 6) is 0. The lowest BCUT2D eigenvalue weighted by Crippen LogP contribution is -2.41. The monoisotopic (exact) mass is 281 g/mol. The first-order chi connectivity index (χ1) is 9.84. The summed E-state index contributed by atoms with van der Waals surface area (Å²) in [6, 6.07) is 8.07. The fourth-order valence-electron chi connectivity index (χ4n) is 2.84. The van der Waals surface area contributed by atoms with E-state index in [1.54, 1.807) is 0 Å². The van der Waals surface area contributed by atoms with E-state index in [0.29, 0.717) is 5.56 Å². The van der Waals surface area contributed by atoms with Gasteiger partial charge in [-0.3, -0.25) is 0 Å². The van der Waals surface area contributed by atoms with Gasteiger partial charge in [0, 0.05) is 0 Å². The molecule has 1 saturated heterocycles. The minimum Gasteiger partial charge on any atom is -0.399 e. The van der Waals surface area contributed by atoms with Crippen LogP contribution in [-0.2, 0) is 15.7 Å². The van der Waals surface area contributed by atoms with Gasteiger partial charge in [-0.25, -0.2) is 0 Å². The van der Waals surface area contributed by atoms with Crippen LogP contribution in [0, 0.1) is 11.3 Å². The van der Waals surface area contributed by atoms with Gasteiger partial charge in [-0.05, 0) is 69.3 Å². The van der Waals surface area contributed by atoms with Crippen molar-refractivity contribution in [1.29, 1.82) is 5.26 Å². The van der Waals surface area contributed by atoms with E-state index < -0.39 is 0 Å². The molecule has 1 aromatic carbocycles. The van der Waals surface area contributed by atoms with Gasteiger partial charge in [0.1, 0.15) is 0 Å². The second kappa shape index (κ2) is 4.73. The molecule has 0 N–H and O–H groups in total. The highest BCUT2D eigenvalue weighted by molar-refractivity contribution is 6.69. The van der Waals surface area contributed by atoms with Crippen molar-refractivity contribution in [2.45, 2.75) is 51.7 Å². The highest BCUT2D eigenvalue weighted by Gasteiger charge is 2.52. The molecule has 0 saturated carbocycles. The molecular formula is C17H20BNO2. The Morgan fingerprint density at radius 2 is 1.81 bits per heavy atom. The van der Waals surface area contributed by atoms with E-state index in [1.165, 1.54) is 5.56 Å². The van der Waals surface area contributed by atoms with Crippen LogP contribution in [0.2, 0.25) is 0 Å². The van der Waals surface area contributed by atoms with Gasteiger partial charge in [-0.15, -0.1) is 0 Å². The number of fused-ring (bicyclic) bond motifs is 1. The Balaban J connectivity index is 1.96. The molecule has 1 aliphatic carbocycles. The van der Waals surface area contributed by atoms with Crippen LogP contribution in [-0.4, -0.2) is 18.3 Å². The van der Waals surface area contributed by atoms with Gasteiger partial charge in [-0.1, -0.05) is 12.1 Å². The molecule has 21 heavy (non-hydrogen) atoms. The summed E-state index contributed by atoms with van der Waals surface area (Å²) in [5, 5.41) is 9.04. The van der Waals surface area contributed by atoms with Gasteiger partial charge in [-0.2, -0.15) is 5.26 Å². The number of nitriles is 1. The number of nitrogens with zero attached hydrogens (tertiary/aromatic N) is 1. The molecule has 1 fully saturated rings. The summed E-state index contributed by atoms with van der Waals surface area (Å²) >= 11 is 0. The van der Waals surface area contributed by atoms with Gasteiger partial charge in [0.25, 0.3) is 0 Å². The Morgan fingerprint density at radius 3 is 2.43 bits per heavy atom. The fraction of sp³-hybridized carbons (Fsp3) is 0.471. The van der Waals surface area contributed by atoms with Crippen LogP contribution in [0.3, 0.4) is 0 Å². The molecule has 1 aliphatic heterocycles. The molecule has 0 radical (unpaired) electrons. The number of allylic oxidation sites excluding steroid dienone is 1. The first-order valence-corrected chi connectivity index (χ1v) is 7.43. The summed E-state index contributed by atoms with van der Waals surface area (Å²) in [6.45, 7) is 8.26. The second-order valence-electron chi connectivity index (χ2n) is 6.77. The Kier molecular flexibility index (Phi) is 3.24. The van der Waals surface area contributed by atoms with E-state index in [2.05, 4.69) is 39.8 Å². The van der Waals surface area contributed by atoms with Gasteiger partial charge in [0.05, 0.1) is 22.8 Å². The van der Waals surface area contributed by atoms with Crippen molar-refractivity contribution in [3.05, 3.63) is 41.0 Å². The van der Waals surface area contributed by atoms with Crippen LogP contribution in [0.15, 0.2) is 24.3 Å². The summed E-state index contributed by atoms with van der Waals surface area (Å²) in [7, 11) is -0.331. The number of hydrogen-bond acceptors (Lipinski definition) is 3. The van der Waals surface area contributed by atoms with Crippen LogP contribution in [0.1, 0.15) is 50.8 Å². The third-order valence-electron chi connectivity index (χ3n) is 4.83. The summed E-state index contributed by atoms with van der Waals surface area (Å²) in [5.41, 5.74) is 3.51. The lowest BCUT2D eigenvalue weighted by Gasteiger charge is -2.32. The highest BCUT2D eigenvalue weighted by atomic mass is 16.7. The Bertz CT molecular complexity index is 639. The van der Waals surface area contributed by atoms with Gasteiger partial charge in [0.15, 0.2) is 0 Å². The Morgan fingerprint density at radius 1 is 1.14 bits per heavy atom. The van der Waals surface area contributed by atoms with E-state index in [-0.39, 0.29) is 18.3 Å². The van der Waals surface area contributed by atoms with Crippen LogP contribution in [0.4, 0.5) is 0 Å². The molecule has 108 valence electrons. The lowest BCUT2D eigenvalue weighted by molar-refractivity contribution is 0.00578. The first-order valence-electron chi connectivity index (χ1n) is 7.43. The molecule has 3 nitrogen and oxygen atoms in total. The SMILES string of the molecule is CC1(C)OB(C2=CCCc3cc(C#N)ccc32)OC1(C)C. The Hall–Kier alpha value is -1.57.